The quantitative estimate of drug-likeness (QED) is 0.168. The van der Waals surface area contributed by atoms with Gasteiger partial charge in [-0.15, -0.1) is 0 Å². The Bertz CT molecular complexity index is 1550. The summed E-state index contributed by atoms with van der Waals surface area (Å²) in [5.41, 5.74) is 1.28. The maximum Gasteiger partial charge on any atom is 0.324 e. The van der Waals surface area contributed by atoms with Gasteiger partial charge in [-0.2, -0.15) is 18.4 Å². The van der Waals surface area contributed by atoms with Gasteiger partial charge in [-0.05, 0) is 37.3 Å². The van der Waals surface area contributed by atoms with E-state index in [9.17, 15) is 18.5 Å². The van der Waals surface area contributed by atoms with Crippen molar-refractivity contribution >= 4 is 45.1 Å². The number of hydrogen-bond donors (Lipinski definition) is 1. The molecule has 3 aromatic carbocycles. The highest BCUT2D eigenvalue weighted by Gasteiger charge is 2.32. The summed E-state index contributed by atoms with van der Waals surface area (Å²) >= 11 is 12.7. The molecule has 35 heavy (non-hydrogen) atoms. The number of furan rings is 1. The van der Waals surface area contributed by atoms with Crippen LogP contribution in [0.3, 0.4) is 0 Å². The van der Waals surface area contributed by atoms with Crippen molar-refractivity contribution in [2.24, 2.45) is 5.10 Å². The lowest BCUT2D eigenvalue weighted by Gasteiger charge is -2.06. The second-order valence-corrected chi connectivity index (χ2v) is 9.88. The maximum atomic E-state index is 12.5. The molecule has 11 heteroatoms. The van der Waals surface area contributed by atoms with Gasteiger partial charge in [0.15, 0.2) is 5.76 Å². The van der Waals surface area contributed by atoms with Gasteiger partial charge in [0.1, 0.15) is 5.56 Å². The molecule has 4 rings (SSSR count). The first-order valence-electron chi connectivity index (χ1n) is 10.1. The van der Waals surface area contributed by atoms with Crippen LogP contribution in [0.25, 0.3) is 22.5 Å². The van der Waals surface area contributed by atoms with Crippen LogP contribution in [0.4, 0.5) is 5.69 Å². The molecule has 0 amide bonds. The Balaban J connectivity index is 1.84. The Morgan fingerprint density at radius 3 is 2.09 bits per heavy atom. The summed E-state index contributed by atoms with van der Waals surface area (Å²) in [6.45, 7) is 1.82. The average Bonchev–Trinajstić information content (AvgIpc) is 3.19. The van der Waals surface area contributed by atoms with Crippen LogP contribution in [0, 0.1) is 17.0 Å². The molecule has 1 heterocycles. The summed E-state index contributed by atoms with van der Waals surface area (Å²) in [6, 6.07) is 19.4. The highest BCUT2D eigenvalue weighted by atomic mass is 35.5. The van der Waals surface area contributed by atoms with Crippen molar-refractivity contribution in [2.75, 3.05) is 0 Å². The lowest BCUT2D eigenvalue weighted by Crippen LogP contribution is -2.18. The van der Waals surface area contributed by atoms with Crippen LogP contribution in [0.2, 0.25) is 10.0 Å². The molecule has 0 bridgehead atoms. The number of hydrazone groups is 1. The molecule has 0 saturated heterocycles. The molecule has 0 atom stereocenters. The van der Waals surface area contributed by atoms with Crippen LogP contribution in [-0.4, -0.2) is 19.6 Å². The number of sulfonamides is 1. The SMILES string of the molecule is Cc1ccc(S(=O)(=O)NN=Cc2oc(-c3ccccc3Cl)c(-c3ccccc3Cl)c2[N+](=O)[O-])cc1. The van der Waals surface area contributed by atoms with E-state index in [1.165, 1.54) is 12.1 Å². The third kappa shape index (κ3) is 5.07. The van der Waals surface area contributed by atoms with Gasteiger partial charge in [0, 0.05) is 16.1 Å². The minimum absolute atomic E-state index is 0.0114. The van der Waals surface area contributed by atoms with Crippen molar-refractivity contribution in [2.45, 2.75) is 11.8 Å². The summed E-state index contributed by atoms with van der Waals surface area (Å²) in [5.74, 6) is -0.190. The molecular weight excluding hydrogens is 513 g/mol. The molecule has 0 fully saturated rings. The highest BCUT2D eigenvalue weighted by Crippen LogP contribution is 2.47. The molecule has 8 nitrogen and oxygen atoms in total. The van der Waals surface area contributed by atoms with Crippen LogP contribution in [0.5, 0.6) is 0 Å². The van der Waals surface area contributed by atoms with Gasteiger partial charge < -0.3 is 4.42 Å². The first kappa shape index (κ1) is 24.5. The van der Waals surface area contributed by atoms with E-state index >= 15 is 0 Å². The Hall–Kier alpha value is -3.66. The van der Waals surface area contributed by atoms with E-state index in [4.69, 9.17) is 27.6 Å². The number of nitrogens with zero attached hydrogens (tertiary/aromatic N) is 2. The molecule has 1 aromatic heterocycles. The molecule has 178 valence electrons. The smallest absolute Gasteiger partial charge is 0.324 e. The Morgan fingerprint density at radius 1 is 0.943 bits per heavy atom. The fraction of sp³-hybridized carbons (Fsp3) is 0.0417. The average molecular weight is 530 g/mol. The molecule has 0 aliphatic heterocycles. The molecule has 0 saturated carbocycles. The summed E-state index contributed by atoms with van der Waals surface area (Å²) in [5, 5.41) is 16.4. The number of hydrogen-bond acceptors (Lipinski definition) is 6. The van der Waals surface area contributed by atoms with Gasteiger partial charge in [0.05, 0.1) is 21.1 Å². The van der Waals surface area contributed by atoms with Gasteiger partial charge in [0.25, 0.3) is 10.0 Å². The van der Waals surface area contributed by atoms with E-state index in [2.05, 4.69) is 5.10 Å². The summed E-state index contributed by atoms with van der Waals surface area (Å²) in [7, 11) is -4.00. The van der Waals surface area contributed by atoms with Gasteiger partial charge in [-0.25, -0.2) is 0 Å². The fourth-order valence-corrected chi connectivity index (χ4v) is 4.63. The Morgan fingerprint density at radius 2 is 1.51 bits per heavy atom. The van der Waals surface area contributed by atoms with E-state index in [1.54, 1.807) is 60.7 Å². The number of rotatable bonds is 7. The number of benzene rings is 3. The zero-order valence-electron chi connectivity index (χ0n) is 18.1. The molecular formula is C24H17Cl2N3O5S. The minimum atomic E-state index is -4.00. The molecule has 0 aliphatic carbocycles. The molecule has 0 spiro atoms. The summed E-state index contributed by atoms with van der Waals surface area (Å²) in [4.78, 5) is 13.5. The van der Waals surface area contributed by atoms with Crippen LogP contribution in [0.1, 0.15) is 11.3 Å². The monoisotopic (exact) mass is 529 g/mol. The summed E-state index contributed by atoms with van der Waals surface area (Å²) in [6.07, 6.45) is 0.935. The Labute approximate surface area is 211 Å². The third-order valence-electron chi connectivity index (χ3n) is 5.04. The zero-order valence-corrected chi connectivity index (χ0v) is 20.4. The van der Waals surface area contributed by atoms with E-state index in [0.29, 0.717) is 16.1 Å². The van der Waals surface area contributed by atoms with Gasteiger partial charge in [0.2, 0.25) is 5.76 Å². The van der Waals surface area contributed by atoms with Crippen LogP contribution < -0.4 is 4.83 Å². The lowest BCUT2D eigenvalue weighted by atomic mass is 10.00. The third-order valence-corrected chi connectivity index (χ3v) is 6.94. The van der Waals surface area contributed by atoms with Crippen molar-refractivity contribution in [1.29, 1.82) is 0 Å². The van der Waals surface area contributed by atoms with Gasteiger partial charge in [-0.3, -0.25) is 10.1 Å². The fourth-order valence-electron chi connectivity index (χ4n) is 3.38. The standard InChI is InChI=1S/C24H17Cl2N3O5S/c1-15-10-12-16(13-11-15)35(32,33)28-27-14-21-23(29(30)31)22(17-6-2-4-8-19(17)25)24(34-21)18-7-3-5-9-20(18)26/h2-14,28H,1H3. The van der Waals surface area contributed by atoms with Crippen molar-refractivity contribution in [1.82, 2.24) is 4.83 Å². The number of halogens is 2. The van der Waals surface area contributed by atoms with Crippen LogP contribution in [-0.2, 0) is 10.0 Å². The van der Waals surface area contributed by atoms with E-state index in [1.807, 2.05) is 11.8 Å². The normalized spacial score (nSPS) is 11.6. The van der Waals surface area contributed by atoms with Crippen LogP contribution >= 0.6 is 23.2 Å². The molecule has 4 aromatic rings. The van der Waals surface area contributed by atoms with E-state index < -0.39 is 20.6 Å². The topological polar surface area (TPSA) is 115 Å². The highest BCUT2D eigenvalue weighted by molar-refractivity contribution is 7.89. The summed E-state index contributed by atoms with van der Waals surface area (Å²) < 4.78 is 30.9. The maximum absolute atomic E-state index is 12.5. The minimum Gasteiger partial charge on any atom is -0.447 e. The lowest BCUT2D eigenvalue weighted by molar-refractivity contribution is -0.384. The molecule has 1 N–H and O–H groups in total. The van der Waals surface area contributed by atoms with Gasteiger partial charge in [-0.1, -0.05) is 71.2 Å². The number of nitro groups is 1. The number of aryl methyl sites for hydroxylation is 1. The first-order valence-corrected chi connectivity index (χ1v) is 12.4. The molecule has 0 aliphatic rings. The first-order chi connectivity index (χ1) is 16.7. The second kappa shape index (κ2) is 9.91. The van der Waals surface area contributed by atoms with Crippen molar-refractivity contribution in [3.8, 4) is 22.5 Å². The number of nitrogens with one attached hydrogen (secondary N) is 1. The van der Waals surface area contributed by atoms with Crippen molar-refractivity contribution < 1.29 is 17.8 Å². The largest absolute Gasteiger partial charge is 0.447 e. The zero-order chi connectivity index (χ0) is 25.2. The van der Waals surface area contributed by atoms with Crippen molar-refractivity contribution in [3.05, 3.63) is 104 Å². The Kier molecular flexibility index (Phi) is 6.93. The predicted octanol–water partition coefficient (Wildman–Crippen LogP) is 6.45. The predicted molar refractivity (Wildman–Crippen MR) is 135 cm³/mol. The molecule has 0 radical (unpaired) electrons. The van der Waals surface area contributed by atoms with E-state index in [0.717, 1.165) is 11.8 Å². The van der Waals surface area contributed by atoms with Crippen molar-refractivity contribution in [3.63, 3.8) is 0 Å². The molecule has 0 unspecified atom stereocenters. The second-order valence-electron chi connectivity index (χ2n) is 7.40. The van der Waals surface area contributed by atoms with Gasteiger partial charge >= 0.3 is 5.69 Å². The van der Waals surface area contributed by atoms with Crippen LogP contribution in [0.15, 0.2) is 87.2 Å². The van der Waals surface area contributed by atoms with E-state index in [-0.39, 0.29) is 27.0 Å².